The number of hydrogen-bond acceptors (Lipinski definition) is 4. The van der Waals surface area contributed by atoms with Gasteiger partial charge in [-0.25, -0.2) is 4.79 Å². The molecule has 0 saturated carbocycles. The van der Waals surface area contributed by atoms with E-state index in [4.69, 9.17) is 4.74 Å². The molecular formula is C26H45N3O3. The summed E-state index contributed by atoms with van der Waals surface area (Å²) in [5.41, 5.74) is 1.63. The van der Waals surface area contributed by atoms with Crippen LogP contribution in [0.2, 0.25) is 0 Å². The van der Waals surface area contributed by atoms with E-state index < -0.39 is 6.09 Å². The van der Waals surface area contributed by atoms with E-state index >= 15 is 0 Å². The Morgan fingerprint density at radius 3 is 2.16 bits per heavy atom. The minimum Gasteiger partial charge on any atom is -0.445 e. The molecular weight excluding hydrogens is 402 g/mol. The molecule has 0 saturated heterocycles. The number of hydrogen-bond donors (Lipinski definition) is 1. The number of nitrogens with one attached hydrogen (secondary N) is 1. The van der Waals surface area contributed by atoms with Crippen LogP contribution in [0.5, 0.6) is 0 Å². The molecule has 0 unspecified atom stereocenters. The summed E-state index contributed by atoms with van der Waals surface area (Å²) in [6, 6.07) is 7.58. The van der Waals surface area contributed by atoms with E-state index in [9.17, 15) is 9.59 Å². The Morgan fingerprint density at radius 1 is 0.906 bits per heavy atom. The van der Waals surface area contributed by atoms with Crippen molar-refractivity contribution < 1.29 is 14.3 Å². The lowest BCUT2D eigenvalue weighted by Gasteiger charge is -2.21. The van der Waals surface area contributed by atoms with E-state index in [0.717, 1.165) is 43.5 Å². The lowest BCUT2D eigenvalue weighted by Crippen LogP contribution is -2.28. The molecule has 0 atom stereocenters. The molecule has 0 radical (unpaired) electrons. The zero-order chi connectivity index (χ0) is 23.4. The van der Waals surface area contributed by atoms with E-state index in [1.807, 2.05) is 38.4 Å². The first kappa shape index (κ1) is 28.0. The summed E-state index contributed by atoms with van der Waals surface area (Å²) in [5, 5.41) is 2.84. The maximum atomic E-state index is 12.1. The first-order valence-corrected chi connectivity index (χ1v) is 12.4. The van der Waals surface area contributed by atoms with Crippen molar-refractivity contribution in [1.82, 2.24) is 10.2 Å². The Balaban J connectivity index is 2.23. The van der Waals surface area contributed by atoms with Gasteiger partial charge in [-0.1, -0.05) is 82.9 Å². The number of anilines is 1. The van der Waals surface area contributed by atoms with Gasteiger partial charge in [0.2, 0.25) is 6.41 Å². The highest BCUT2D eigenvalue weighted by molar-refractivity contribution is 5.77. The third-order valence-electron chi connectivity index (χ3n) is 5.59. The number of para-hydroxylation sites is 1. The second kappa shape index (κ2) is 18.5. The third-order valence-corrected chi connectivity index (χ3v) is 5.59. The van der Waals surface area contributed by atoms with E-state index in [0.29, 0.717) is 13.1 Å². The van der Waals surface area contributed by atoms with Gasteiger partial charge in [0.05, 0.1) is 0 Å². The van der Waals surface area contributed by atoms with E-state index in [-0.39, 0.29) is 6.61 Å². The molecule has 1 rings (SSSR count). The first-order chi connectivity index (χ1) is 15.6. The number of carbonyl (C=O) groups excluding carboxylic acids is 2. The van der Waals surface area contributed by atoms with Gasteiger partial charge < -0.3 is 19.9 Å². The molecule has 2 amide bonds. The molecule has 1 N–H and O–H groups in total. The maximum absolute atomic E-state index is 12.1. The monoisotopic (exact) mass is 447 g/mol. The van der Waals surface area contributed by atoms with Crippen LogP contribution in [0.1, 0.15) is 83.1 Å². The van der Waals surface area contributed by atoms with Gasteiger partial charge >= 0.3 is 6.09 Å². The summed E-state index contributed by atoms with van der Waals surface area (Å²) in [7, 11) is 4.03. The van der Waals surface area contributed by atoms with Crippen LogP contribution in [0, 0.1) is 0 Å². The summed E-state index contributed by atoms with van der Waals surface area (Å²) in [5.74, 6) is 0. The number of rotatable bonds is 19. The Morgan fingerprint density at radius 2 is 1.53 bits per heavy atom. The predicted octanol–water partition coefficient (Wildman–Crippen LogP) is 5.75. The molecule has 32 heavy (non-hydrogen) atoms. The highest BCUT2D eigenvalue weighted by Crippen LogP contribution is 2.20. The van der Waals surface area contributed by atoms with Crippen LogP contribution in [-0.2, 0) is 16.1 Å². The zero-order valence-corrected chi connectivity index (χ0v) is 20.6. The van der Waals surface area contributed by atoms with Crippen LogP contribution in [-0.4, -0.2) is 51.1 Å². The molecule has 0 aliphatic carbocycles. The Bertz CT molecular complexity index is 622. The lowest BCUT2D eigenvalue weighted by atomic mass is 10.1. The zero-order valence-electron chi connectivity index (χ0n) is 20.6. The Hall–Kier alpha value is -2.08. The largest absolute Gasteiger partial charge is 0.445 e. The number of alkyl carbamates (subject to hydrolysis) is 1. The molecule has 0 bridgehead atoms. The number of ether oxygens (including phenoxy) is 1. The molecule has 0 aliphatic rings. The second-order valence-corrected chi connectivity index (χ2v) is 8.77. The smallest absolute Gasteiger partial charge is 0.407 e. The summed E-state index contributed by atoms with van der Waals surface area (Å²) >= 11 is 0. The number of amides is 2. The fourth-order valence-electron chi connectivity index (χ4n) is 3.70. The maximum Gasteiger partial charge on any atom is 0.407 e. The highest BCUT2D eigenvalue weighted by atomic mass is 16.5. The van der Waals surface area contributed by atoms with E-state index in [1.165, 1.54) is 51.4 Å². The fourth-order valence-corrected chi connectivity index (χ4v) is 3.70. The molecule has 6 heteroatoms. The number of benzene rings is 1. The van der Waals surface area contributed by atoms with Gasteiger partial charge in [0, 0.05) is 24.3 Å². The molecule has 0 aliphatic heterocycles. The topological polar surface area (TPSA) is 61.9 Å². The molecule has 0 aromatic heterocycles. The summed E-state index contributed by atoms with van der Waals surface area (Å²) < 4.78 is 5.40. The van der Waals surface area contributed by atoms with Crippen molar-refractivity contribution in [1.29, 1.82) is 0 Å². The SMILES string of the molecule is CCCCCCCCCCCCNC(=O)OCc1ccccc1N(C=O)CCCN(C)C. The number of unbranched alkanes of at least 4 members (excludes halogenated alkanes) is 9. The molecule has 182 valence electrons. The van der Waals surface area contributed by atoms with Gasteiger partial charge in [0.25, 0.3) is 0 Å². The first-order valence-electron chi connectivity index (χ1n) is 12.4. The number of nitrogens with zero attached hydrogens (tertiary/aromatic N) is 2. The van der Waals surface area contributed by atoms with Crippen molar-refractivity contribution >= 4 is 18.2 Å². The van der Waals surface area contributed by atoms with Crippen LogP contribution < -0.4 is 10.2 Å². The third kappa shape index (κ3) is 13.4. The Labute approximate surface area is 195 Å². The van der Waals surface area contributed by atoms with Gasteiger partial charge in [-0.15, -0.1) is 0 Å². The summed E-state index contributed by atoms with van der Waals surface area (Å²) in [6.07, 6.45) is 14.0. The quantitative estimate of drug-likeness (QED) is 0.217. The van der Waals surface area contributed by atoms with Crippen LogP contribution in [0.25, 0.3) is 0 Å². The molecule has 0 fully saturated rings. The molecule has 1 aromatic rings. The van der Waals surface area contributed by atoms with Crippen molar-refractivity contribution in [2.45, 2.75) is 84.2 Å². The van der Waals surface area contributed by atoms with Gasteiger partial charge in [-0.2, -0.15) is 0 Å². The van der Waals surface area contributed by atoms with Crippen molar-refractivity contribution in [2.75, 3.05) is 38.6 Å². The van der Waals surface area contributed by atoms with Gasteiger partial charge in [0.1, 0.15) is 6.61 Å². The van der Waals surface area contributed by atoms with Crippen LogP contribution >= 0.6 is 0 Å². The fraction of sp³-hybridized carbons (Fsp3) is 0.692. The van der Waals surface area contributed by atoms with Gasteiger partial charge in [0.15, 0.2) is 0 Å². The lowest BCUT2D eigenvalue weighted by molar-refractivity contribution is -0.107. The minimum absolute atomic E-state index is 0.151. The predicted molar refractivity (Wildman–Crippen MR) is 133 cm³/mol. The van der Waals surface area contributed by atoms with E-state index in [1.54, 1.807) is 4.90 Å². The van der Waals surface area contributed by atoms with E-state index in [2.05, 4.69) is 17.1 Å². The van der Waals surface area contributed by atoms with Gasteiger partial charge in [-0.3, -0.25) is 4.79 Å². The second-order valence-electron chi connectivity index (χ2n) is 8.77. The average molecular weight is 448 g/mol. The normalized spacial score (nSPS) is 10.9. The van der Waals surface area contributed by atoms with Crippen LogP contribution in [0.15, 0.2) is 24.3 Å². The van der Waals surface area contributed by atoms with Crippen molar-refractivity contribution in [3.8, 4) is 0 Å². The summed E-state index contributed by atoms with van der Waals surface area (Å²) in [6.45, 7) is 4.58. The molecule has 6 nitrogen and oxygen atoms in total. The van der Waals surface area contributed by atoms with Gasteiger partial charge in [-0.05, 0) is 39.5 Å². The molecule has 0 heterocycles. The molecule has 0 spiro atoms. The standard InChI is InChI=1S/C26H45N3O3/c1-4-5-6-7-8-9-10-11-12-15-19-27-26(31)32-22-24-17-13-14-18-25(24)29(23-30)21-16-20-28(2)3/h13-14,17-18,23H,4-12,15-16,19-22H2,1-3H3,(H,27,31). The molecule has 1 aromatic carbocycles. The van der Waals surface area contributed by atoms with Crippen molar-refractivity contribution in [2.24, 2.45) is 0 Å². The van der Waals surface area contributed by atoms with Crippen molar-refractivity contribution in [3.05, 3.63) is 29.8 Å². The average Bonchev–Trinajstić information content (AvgIpc) is 2.79. The summed E-state index contributed by atoms with van der Waals surface area (Å²) in [4.78, 5) is 27.4. The minimum atomic E-state index is -0.402. The van der Waals surface area contributed by atoms with Crippen LogP contribution in [0.3, 0.4) is 0 Å². The van der Waals surface area contributed by atoms with Crippen LogP contribution in [0.4, 0.5) is 10.5 Å². The van der Waals surface area contributed by atoms with Crippen molar-refractivity contribution in [3.63, 3.8) is 0 Å². The number of carbonyl (C=O) groups is 2. The Kier molecular flexibility index (Phi) is 16.1. The highest BCUT2D eigenvalue weighted by Gasteiger charge is 2.12.